The lowest BCUT2D eigenvalue weighted by Gasteiger charge is -2.23. The SMILES string of the molecule is COc1cc(CN2CCc3cc(F)cc(CCc4ccc(C(=O)O)cc4)c32)cc(OC)c1.COc1cccc(CN2CCc3cccc(CCc4ccc(C(=O)O)cc4)c32)c1.O=C(O)c1ccc(CCc2cccc3c2N(CCc2ccccc2)CC3)cc1.O=C(O)c1ccc(CCc2cccc3c2N(Cc2cccc(C(F)(F)F)c2)CC3)cc1. The molecule has 0 fully saturated rings. The molecule has 4 N–H and O–H groups in total. The summed E-state index contributed by atoms with van der Waals surface area (Å²) in [5, 5.41) is 36.2. The molecule has 0 amide bonds. The van der Waals surface area contributed by atoms with E-state index in [2.05, 4.69) is 111 Å². The summed E-state index contributed by atoms with van der Waals surface area (Å²) in [4.78, 5) is 53.6. The summed E-state index contributed by atoms with van der Waals surface area (Å²) in [6.45, 7) is 6.72. The van der Waals surface area contributed by atoms with E-state index in [1.54, 1.807) is 88.1 Å². The maximum Gasteiger partial charge on any atom is 0.416 e. The van der Waals surface area contributed by atoms with Gasteiger partial charge in [-0.05, 0) is 270 Å². The number of anilines is 4. The Morgan fingerprint density at radius 2 is 0.642 bits per heavy atom. The summed E-state index contributed by atoms with van der Waals surface area (Å²) in [7, 11) is 4.96. The van der Waals surface area contributed by atoms with Gasteiger partial charge in [0.1, 0.15) is 23.1 Å². The highest BCUT2D eigenvalue weighted by atomic mass is 19.4. The van der Waals surface area contributed by atoms with Gasteiger partial charge >= 0.3 is 30.1 Å². The van der Waals surface area contributed by atoms with Gasteiger partial charge in [0.25, 0.3) is 0 Å². The second-order valence-corrected chi connectivity index (χ2v) is 30.6. The number of aromatic carboxylic acids is 4. The van der Waals surface area contributed by atoms with Crippen molar-refractivity contribution in [2.75, 3.05) is 73.7 Å². The van der Waals surface area contributed by atoms with E-state index in [1.807, 2.05) is 84.9 Å². The van der Waals surface area contributed by atoms with Gasteiger partial charge in [0.2, 0.25) is 0 Å². The van der Waals surface area contributed by atoms with Crippen molar-refractivity contribution < 1.29 is 71.4 Å². The zero-order valence-electron chi connectivity index (χ0n) is 67.6. The quantitative estimate of drug-likeness (QED) is 0.0339. The molecule has 0 unspecified atom stereocenters. The summed E-state index contributed by atoms with van der Waals surface area (Å²) in [6, 6.07) is 81.1. The number of alkyl halides is 3. The summed E-state index contributed by atoms with van der Waals surface area (Å²) in [5.74, 6) is -1.50. The van der Waals surface area contributed by atoms with Crippen LogP contribution in [0.25, 0.3) is 0 Å². The average Bonchev–Trinajstić information content (AvgIpc) is 1.64. The van der Waals surface area contributed by atoms with Crippen molar-refractivity contribution in [2.45, 2.75) is 109 Å². The van der Waals surface area contributed by atoms with Crippen LogP contribution in [0, 0.1) is 5.82 Å². The Labute approximate surface area is 698 Å². The van der Waals surface area contributed by atoms with E-state index >= 15 is 0 Å². The lowest BCUT2D eigenvalue weighted by Crippen LogP contribution is -2.24. The zero-order valence-corrected chi connectivity index (χ0v) is 67.6. The first-order chi connectivity index (χ1) is 58.1. The third-order valence-electron chi connectivity index (χ3n) is 22.7. The largest absolute Gasteiger partial charge is 0.497 e. The Kier molecular flexibility index (Phi) is 28.1. The van der Waals surface area contributed by atoms with Crippen LogP contribution in [0.4, 0.5) is 40.3 Å². The number of ether oxygens (including phenoxy) is 3. The van der Waals surface area contributed by atoms with Crippen molar-refractivity contribution in [3.63, 3.8) is 0 Å². The van der Waals surface area contributed by atoms with Crippen molar-refractivity contribution in [3.05, 3.63) is 384 Å². The number of halogens is 4. The molecule has 0 aliphatic carbocycles. The first-order valence-corrected chi connectivity index (χ1v) is 40.6. The molecule has 12 aromatic carbocycles. The molecule has 0 bridgehead atoms. The lowest BCUT2D eigenvalue weighted by molar-refractivity contribution is -0.137. The highest BCUT2D eigenvalue weighted by Crippen LogP contribution is 2.40. The molecule has 4 aliphatic rings. The standard InChI is InChI=1S/C26H26FNO4.C25H22F3NO2.C25H25NO3.C25H25NO2/c1-31-23-11-18(12-24(15-23)32-2)16-28-10-9-21-14-22(27)13-20(25(21)28)8-5-17-3-6-19(7-4-17)26(29)30;26-25(27,28)22-6-1-3-18(15-22)16-29-14-13-20-5-2-4-19(23(20)29)10-7-17-8-11-21(12-9-17)24(30)31;1-29-23-7-2-4-19(16-23)17-26-15-14-21-6-3-5-20(24(21)26)11-8-18-9-12-22(13-10-18)25(27)28;27-25(28)23-13-10-20(11-14-23)9-12-21-7-4-8-22-16-18-26(24(21)22)17-15-19-5-2-1-3-6-19/h3-4,6-7,11-15H,5,8-10,16H2,1-2H3,(H,29,30);1-6,8-9,11-12,15H,7,10,13-14,16H2,(H,30,31);2-7,9-10,12-13,16H,8,11,14-15,17H2,1H3,(H,27,28);1-8,10-11,13-14H,9,12,15-18H2,(H,27,28). The Hall–Kier alpha value is -13.2. The second kappa shape index (κ2) is 39.9. The van der Waals surface area contributed by atoms with Gasteiger partial charge in [-0.3, -0.25) is 0 Å². The van der Waals surface area contributed by atoms with Crippen LogP contribution in [0.3, 0.4) is 0 Å². The molecule has 0 aromatic heterocycles. The normalized spacial score (nSPS) is 12.8. The van der Waals surface area contributed by atoms with Crippen LogP contribution in [0.2, 0.25) is 0 Å². The number of benzene rings is 12. The third kappa shape index (κ3) is 22.2. The van der Waals surface area contributed by atoms with Gasteiger partial charge in [-0.1, -0.05) is 158 Å². The van der Waals surface area contributed by atoms with E-state index < -0.39 is 35.6 Å². The number of methoxy groups -OCH3 is 3. The van der Waals surface area contributed by atoms with E-state index in [0.717, 1.165) is 184 Å². The van der Waals surface area contributed by atoms with Crippen molar-refractivity contribution in [1.29, 1.82) is 0 Å². The Balaban J connectivity index is 0.000000138. The molecular formula is C101H98F4N4O11. The van der Waals surface area contributed by atoms with E-state index in [4.69, 9.17) is 34.6 Å². The Bertz CT molecular complexity index is 5530. The monoisotopic (exact) mass is 1620 g/mol. The highest BCUT2D eigenvalue weighted by Gasteiger charge is 2.32. The number of carbonyl (C=O) groups is 4. The van der Waals surface area contributed by atoms with Gasteiger partial charge in [0, 0.05) is 81.2 Å². The first-order valence-electron chi connectivity index (χ1n) is 40.6. The molecule has 4 aliphatic heterocycles. The molecule has 0 radical (unpaired) electrons. The number of hydrogen-bond acceptors (Lipinski definition) is 11. The fourth-order valence-electron chi connectivity index (χ4n) is 16.6. The molecule has 0 spiro atoms. The van der Waals surface area contributed by atoms with Crippen molar-refractivity contribution >= 4 is 46.6 Å². The van der Waals surface area contributed by atoms with Gasteiger partial charge in [0.15, 0.2) is 0 Å². The van der Waals surface area contributed by atoms with Crippen LogP contribution in [0.15, 0.2) is 261 Å². The van der Waals surface area contributed by atoms with E-state index in [0.29, 0.717) is 42.6 Å². The molecule has 15 nitrogen and oxygen atoms in total. The van der Waals surface area contributed by atoms with Crippen molar-refractivity contribution in [3.8, 4) is 17.2 Å². The van der Waals surface area contributed by atoms with E-state index in [-0.39, 0.29) is 16.9 Å². The predicted molar refractivity (Wildman–Crippen MR) is 463 cm³/mol. The van der Waals surface area contributed by atoms with Crippen LogP contribution in [0.5, 0.6) is 17.2 Å². The summed E-state index contributed by atoms with van der Waals surface area (Å²) in [6.07, 6.45) is 7.19. The summed E-state index contributed by atoms with van der Waals surface area (Å²) >= 11 is 0. The maximum atomic E-state index is 14.3. The smallest absolute Gasteiger partial charge is 0.416 e. The average molecular weight is 1620 g/mol. The number of hydrogen-bond donors (Lipinski definition) is 4. The molecule has 16 rings (SSSR count). The third-order valence-corrected chi connectivity index (χ3v) is 22.7. The molecule has 12 aromatic rings. The maximum absolute atomic E-state index is 14.3. The zero-order chi connectivity index (χ0) is 84.2. The van der Waals surface area contributed by atoms with Crippen LogP contribution < -0.4 is 33.8 Å². The van der Waals surface area contributed by atoms with Gasteiger partial charge in [-0.25, -0.2) is 23.6 Å². The second-order valence-electron chi connectivity index (χ2n) is 30.6. The number of nitrogens with zero attached hydrogens (tertiary/aromatic N) is 4. The molecule has 4 heterocycles. The van der Waals surface area contributed by atoms with E-state index in [9.17, 15) is 36.7 Å². The Morgan fingerprint density at radius 3 is 1.05 bits per heavy atom. The van der Waals surface area contributed by atoms with Crippen LogP contribution in [-0.4, -0.2) is 98.4 Å². The topological polar surface area (TPSA) is 190 Å². The van der Waals surface area contributed by atoms with Gasteiger partial charge in [-0.2, -0.15) is 13.2 Å². The molecule has 19 heteroatoms. The van der Waals surface area contributed by atoms with Crippen LogP contribution >= 0.6 is 0 Å². The minimum atomic E-state index is -4.35. The number of para-hydroxylation sites is 3. The minimum Gasteiger partial charge on any atom is -0.497 e. The molecule has 0 saturated carbocycles. The number of carboxylic acid groups (broad SMARTS) is 4. The van der Waals surface area contributed by atoms with Gasteiger partial charge in [-0.15, -0.1) is 0 Å². The van der Waals surface area contributed by atoms with Crippen LogP contribution in [-0.2, 0) is 109 Å². The fraction of sp³-hybridized carbons (Fsp3) is 0.248. The number of carboxylic acids is 4. The van der Waals surface area contributed by atoms with Crippen molar-refractivity contribution in [2.24, 2.45) is 0 Å². The minimum absolute atomic E-state index is 0.218. The molecule has 0 saturated heterocycles. The fourth-order valence-corrected chi connectivity index (χ4v) is 16.6. The van der Waals surface area contributed by atoms with Crippen LogP contribution in [0.1, 0.15) is 136 Å². The predicted octanol–water partition coefficient (Wildman–Crippen LogP) is 20.2. The highest BCUT2D eigenvalue weighted by molar-refractivity contribution is 5.89. The number of aryl methyl sites for hydroxylation is 8. The number of rotatable bonds is 28. The summed E-state index contributed by atoms with van der Waals surface area (Å²) in [5.41, 5.74) is 24.3. The molecular weight excluding hydrogens is 1520 g/mol. The Morgan fingerprint density at radius 1 is 0.308 bits per heavy atom. The lowest BCUT2D eigenvalue weighted by atomic mass is 9.99. The first kappa shape index (κ1) is 84.7. The molecule has 616 valence electrons. The van der Waals surface area contributed by atoms with Gasteiger partial charge < -0.3 is 54.2 Å². The summed E-state index contributed by atoms with van der Waals surface area (Å²) < 4.78 is 69.7. The molecule has 120 heavy (non-hydrogen) atoms. The van der Waals surface area contributed by atoms with Crippen molar-refractivity contribution in [1.82, 2.24) is 0 Å². The molecule has 0 atom stereocenters. The number of fused-ring (bicyclic) bond motifs is 4. The van der Waals surface area contributed by atoms with Gasteiger partial charge in [0.05, 0.1) is 49.1 Å². The van der Waals surface area contributed by atoms with E-state index in [1.165, 1.54) is 68.0 Å².